The zero-order chi connectivity index (χ0) is 20.8. The zero-order valence-corrected chi connectivity index (χ0v) is 17.0. The number of nitrogens with one attached hydrogen (secondary N) is 1. The van der Waals surface area contributed by atoms with Gasteiger partial charge in [0.15, 0.2) is 0 Å². The average Bonchev–Trinajstić information content (AvgIpc) is 2.69. The SMILES string of the molecule is CCNC(=O)C1(C)CCN(S(=O)(=O)c2ccc(OC/C(=C\F)CN)nc2)CC1. The van der Waals surface area contributed by atoms with Crippen LogP contribution in [-0.2, 0) is 14.8 Å². The molecule has 0 radical (unpaired) electrons. The second kappa shape index (κ2) is 9.44. The molecule has 2 heterocycles. The third kappa shape index (κ3) is 5.06. The van der Waals surface area contributed by atoms with Gasteiger partial charge in [0.2, 0.25) is 21.8 Å². The molecule has 28 heavy (non-hydrogen) atoms. The van der Waals surface area contributed by atoms with E-state index in [1.807, 2.05) is 13.8 Å². The van der Waals surface area contributed by atoms with Crippen LogP contribution in [0.3, 0.4) is 0 Å². The summed E-state index contributed by atoms with van der Waals surface area (Å²) in [6, 6.07) is 2.82. The minimum absolute atomic E-state index is 0.0210. The number of piperidine rings is 1. The van der Waals surface area contributed by atoms with Gasteiger partial charge in [-0.2, -0.15) is 4.31 Å². The molecule has 0 bridgehead atoms. The van der Waals surface area contributed by atoms with Crippen molar-refractivity contribution in [3.05, 3.63) is 30.2 Å². The largest absolute Gasteiger partial charge is 0.473 e. The standard InChI is InChI=1S/C18H27FN4O4S/c1-3-21-17(24)18(2)6-8-23(9-7-18)28(25,26)15-4-5-16(22-12-15)27-13-14(10-19)11-20/h4-5,10,12H,3,6-9,11,13,20H2,1-2H3,(H,21,24)/b14-10-. The quantitative estimate of drug-likeness (QED) is 0.661. The van der Waals surface area contributed by atoms with Crippen LogP contribution in [-0.4, -0.2) is 56.4 Å². The van der Waals surface area contributed by atoms with Crippen LogP contribution in [0.4, 0.5) is 4.39 Å². The summed E-state index contributed by atoms with van der Waals surface area (Å²) in [5, 5.41) is 2.81. The summed E-state index contributed by atoms with van der Waals surface area (Å²) in [4.78, 5) is 16.2. The number of aromatic nitrogens is 1. The van der Waals surface area contributed by atoms with Gasteiger partial charge in [0.25, 0.3) is 0 Å². The van der Waals surface area contributed by atoms with Gasteiger partial charge in [-0.05, 0) is 25.8 Å². The Balaban J connectivity index is 2.02. The monoisotopic (exact) mass is 414 g/mol. The Morgan fingerprint density at radius 3 is 2.61 bits per heavy atom. The van der Waals surface area contributed by atoms with Crippen LogP contribution in [0.15, 0.2) is 35.1 Å². The first-order valence-electron chi connectivity index (χ1n) is 9.12. The normalized spacial score (nSPS) is 17.9. The average molecular weight is 415 g/mol. The Kier molecular flexibility index (Phi) is 7.50. The molecule has 8 nitrogen and oxygen atoms in total. The summed E-state index contributed by atoms with van der Waals surface area (Å²) >= 11 is 0. The van der Waals surface area contributed by atoms with Gasteiger partial charge in [-0.15, -0.1) is 0 Å². The number of amides is 1. The van der Waals surface area contributed by atoms with Crippen LogP contribution >= 0.6 is 0 Å². The molecule has 1 saturated heterocycles. The molecule has 1 amide bonds. The van der Waals surface area contributed by atoms with Crippen LogP contribution < -0.4 is 15.8 Å². The van der Waals surface area contributed by atoms with Crippen molar-refractivity contribution in [1.29, 1.82) is 0 Å². The van der Waals surface area contributed by atoms with Gasteiger partial charge in [0, 0.05) is 43.2 Å². The lowest BCUT2D eigenvalue weighted by molar-refractivity contribution is -0.132. The van der Waals surface area contributed by atoms with Gasteiger partial charge >= 0.3 is 0 Å². The van der Waals surface area contributed by atoms with E-state index in [0.29, 0.717) is 25.7 Å². The van der Waals surface area contributed by atoms with Crippen LogP contribution in [0.25, 0.3) is 0 Å². The Morgan fingerprint density at radius 2 is 2.11 bits per heavy atom. The predicted molar refractivity (Wildman–Crippen MR) is 103 cm³/mol. The van der Waals surface area contributed by atoms with E-state index in [0.717, 1.165) is 0 Å². The number of nitrogens with two attached hydrogens (primary N) is 1. The Morgan fingerprint density at radius 1 is 1.43 bits per heavy atom. The molecule has 3 N–H and O–H groups in total. The molecule has 2 rings (SSSR count). The summed E-state index contributed by atoms with van der Waals surface area (Å²) in [6.45, 7) is 4.74. The van der Waals surface area contributed by atoms with Gasteiger partial charge < -0.3 is 15.8 Å². The Labute approximate surface area is 165 Å². The molecule has 0 unspecified atom stereocenters. The van der Waals surface area contributed by atoms with Crippen LogP contribution in [0.2, 0.25) is 0 Å². The molecule has 10 heteroatoms. The number of ether oxygens (including phenoxy) is 1. The summed E-state index contributed by atoms with van der Waals surface area (Å²) in [5.74, 6) is 0.128. The Hall–Kier alpha value is -2.04. The molecule has 1 aromatic heterocycles. The van der Waals surface area contributed by atoms with Gasteiger partial charge in [-0.25, -0.2) is 17.8 Å². The van der Waals surface area contributed by atoms with E-state index in [2.05, 4.69) is 10.3 Å². The fourth-order valence-corrected chi connectivity index (χ4v) is 4.26. The fourth-order valence-electron chi connectivity index (χ4n) is 2.88. The first-order valence-corrected chi connectivity index (χ1v) is 10.6. The molecule has 156 valence electrons. The van der Waals surface area contributed by atoms with E-state index in [-0.39, 0.29) is 48.5 Å². The minimum Gasteiger partial charge on any atom is -0.473 e. The number of nitrogens with zero attached hydrogens (tertiary/aromatic N) is 2. The van der Waals surface area contributed by atoms with Gasteiger partial charge in [0.05, 0.1) is 12.5 Å². The van der Waals surface area contributed by atoms with Crippen molar-refractivity contribution in [2.45, 2.75) is 31.6 Å². The third-order valence-electron chi connectivity index (χ3n) is 4.88. The highest BCUT2D eigenvalue weighted by molar-refractivity contribution is 7.89. The summed E-state index contributed by atoms with van der Waals surface area (Å²) < 4.78 is 44.8. The summed E-state index contributed by atoms with van der Waals surface area (Å²) in [5.41, 5.74) is 5.05. The van der Waals surface area contributed by atoms with E-state index in [1.54, 1.807) is 0 Å². The number of carbonyl (C=O) groups excluding carboxylic acids is 1. The second-order valence-corrected chi connectivity index (χ2v) is 8.85. The molecule has 0 spiro atoms. The highest BCUT2D eigenvalue weighted by atomic mass is 32.2. The smallest absolute Gasteiger partial charge is 0.244 e. The highest BCUT2D eigenvalue weighted by Crippen LogP contribution is 2.33. The topological polar surface area (TPSA) is 115 Å². The lowest BCUT2D eigenvalue weighted by atomic mass is 9.80. The first-order chi connectivity index (χ1) is 13.3. The van der Waals surface area contributed by atoms with Crippen molar-refractivity contribution in [2.75, 3.05) is 32.8 Å². The number of hydrogen-bond donors (Lipinski definition) is 2. The number of pyridine rings is 1. The van der Waals surface area contributed by atoms with Crippen LogP contribution in [0.5, 0.6) is 5.88 Å². The predicted octanol–water partition coefficient (Wildman–Crippen LogP) is 1.20. The van der Waals surface area contributed by atoms with Gasteiger partial charge in [0.1, 0.15) is 11.5 Å². The van der Waals surface area contributed by atoms with Crippen LogP contribution in [0, 0.1) is 5.41 Å². The molecule has 0 saturated carbocycles. The van der Waals surface area contributed by atoms with E-state index in [9.17, 15) is 17.6 Å². The number of rotatable bonds is 8. The molecule has 1 fully saturated rings. The van der Waals surface area contributed by atoms with E-state index in [1.165, 1.54) is 22.6 Å². The van der Waals surface area contributed by atoms with Crippen molar-refractivity contribution in [3.8, 4) is 5.88 Å². The number of carbonyl (C=O) groups is 1. The fraction of sp³-hybridized carbons (Fsp3) is 0.556. The molecule has 1 aliphatic heterocycles. The molecule has 0 aromatic carbocycles. The lowest BCUT2D eigenvalue weighted by Gasteiger charge is -2.37. The van der Waals surface area contributed by atoms with Gasteiger partial charge in [-0.1, -0.05) is 6.92 Å². The van der Waals surface area contributed by atoms with Crippen molar-refractivity contribution >= 4 is 15.9 Å². The summed E-state index contributed by atoms with van der Waals surface area (Å²) in [6.07, 6.45) is 2.49. The zero-order valence-electron chi connectivity index (χ0n) is 16.2. The number of hydrogen-bond acceptors (Lipinski definition) is 6. The maximum Gasteiger partial charge on any atom is 0.244 e. The minimum atomic E-state index is -3.72. The highest BCUT2D eigenvalue weighted by Gasteiger charge is 2.40. The van der Waals surface area contributed by atoms with Crippen molar-refractivity contribution in [3.63, 3.8) is 0 Å². The molecule has 0 aliphatic carbocycles. The maximum absolute atomic E-state index is 12.8. The molecule has 1 aromatic rings. The van der Waals surface area contributed by atoms with E-state index >= 15 is 0 Å². The molecular weight excluding hydrogens is 387 g/mol. The van der Waals surface area contributed by atoms with Crippen LogP contribution in [0.1, 0.15) is 26.7 Å². The summed E-state index contributed by atoms with van der Waals surface area (Å²) in [7, 11) is -3.72. The van der Waals surface area contributed by atoms with Gasteiger partial charge in [-0.3, -0.25) is 4.79 Å². The Bertz CT molecular complexity index is 803. The van der Waals surface area contributed by atoms with Crippen molar-refractivity contribution < 1.29 is 22.3 Å². The van der Waals surface area contributed by atoms with E-state index in [4.69, 9.17) is 10.5 Å². The van der Waals surface area contributed by atoms with E-state index < -0.39 is 15.4 Å². The molecule has 1 aliphatic rings. The van der Waals surface area contributed by atoms with Crippen molar-refractivity contribution in [1.82, 2.24) is 14.6 Å². The molecular formula is C18H27FN4O4S. The maximum atomic E-state index is 12.8. The lowest BCUT2D eigenvalue weighted by Crippen LogP contribution is -2.48. The number of sulfonamides is 1. The second-order valence-electron chi connectivity index (χ2n) is 6.92. The number of halogens is 1. The molecule has 0 atom stereocenters. The van der Waals surface area contributed by atoms with Crippen molar-refractivity contribution in [2.24, 2.45) is 11.1 Å². The first kappa shape index (κ1) is 22.3. The third-order valence-corrected chi connectivity index (χ3v) is 6.76.